The van der Waals surface area contributed by atoms with Crippen molar-refractivity contribution in [3.8, 4) is 5.75 Å². The third kappa shape index (κ3) is 10.5. The molecule has 0 saturated heterocycles. The van der Waals surface area contributed by atoms with Crippen LogP contribution < -0.4 is 5.32 Å². The van der Waals surface area contributed by atoms with Crippen molar-refractivity contribution in [1.82, 2.24) is 5.32 Å². The number of aromatic hydroxyl groups is 1. The lowest BCUT2D eigenvalue weighted by molar-refractivity contribution is -0.144. The fourth-order valence-corrected chi connectivity index (χ4v) is 3.11. The van der Waals surface area contributed by atoms with Crippen LogP contribution >= 0.6 is 0 Å². The maximum absolute atomic E-state index is 12.3. The number of benzene rings is 1. The molecule has 0 unspecified atom stereocenters. The average Bonchev–Trinajstić information content (AvgIpc) is 2.70. The molecule has 0 aliphatic heterocycles. The van der Waals surface area contributed by atoms with Gasteiger partial charge in [0.2, 0.25) is 5.91 Å². The van der Waals surface area contributed by atoms with E-state index in [0.29, 0.717) is 5.92 Å². The van der Waals surface area contributed by atoms with E-state index in [1.54, 1.807) is 30.3 Å². The molecule has 2 N–H and O–H groups in total. The normalized spacial score (nSPS) is 13.9. The molecule has 1 rings (SSSR count). The van der Waals surface area contributed by atoms with E-state index in [2.05, 4.69) is 25.2 Å². The minimum atomic E-state index is -0.788. The van der Waals surface area contributed by atoms with Gasteiger partial charge < -0.3 is 15.2 Å². The highest BCUT2D eigenvalue weighted by Crippen LogP contribution is 2.14. The van der Waals surface area contributed by atoms with E-state index in [1.165, 1.54) is 38.9 Å². The van der Waals surface area contributed by atoms with Gasteiger partial charge in [0.05, 0.1) is 7.11 Å². The summed E-state index contributed by atoms with van der Waals surface area (Å²) in [6, 6.07) is 5.72. The topological polar surface area (TPSA) is 75.6 Å². The number of phenolic OH excluding ortho intramolecular Hbond substituents is 1. The minimum absolute atomic E-state index is 0.150. The van der Waals surface area contributed by atoms with Crippen LogP contribution in [0.3, 0.4) is 0 Å². The van der Waals surface area contributed by atoms with Crippen molar-refractivity contribution in [2.75, 3.05) is 7.11 Å². The molecule has 0 aromatic heterocycles. The van der Waals surface area contributed by atoms with Crippen molar-refractivity contribution in [3.05, 3.63) is 53.6 Å². The number of phenols is 1. The summed E-state index contributed by atoms with van der Waals surface area (Å²) in [6.45, 7) is 6.37. The van der Waals surface area contributed by atoms with Crippen LogP contribution in [0.5, 0.6) is 5.75 Å². The Morgan fingerprint density at radius 1 is 1.14 bits per heavy atom. The predicted molar refractivity (Wildman–Crippen MR) is 117 cm³/mol. The van der Waals surface area contributed by atoms with Gasteiger partial charge in [0.15, 0.2) is 0 Å². The summed E-state index contributed by atoms with van der Waals surface area (Å²) in [6.07, 6.45) is 11.8. The van der Waals surface area contributed by atoms with E-state index in [1.807, 2.05) is 6.92 Å². The van der Waals surface area contributed by atoms with Crippen LogP contribution in [-0.4, -0.2) is 30.1 Å². The zero-order valence-electron chi connectivity index (χ0n) is 18.1. The Hall–Kier alpha value is -2.56. The maximum atomic E-state index is 12.3. The molecule has 0 heterocycles. The molecule has 0 saturated carbocycles. The highest BCUT2D eigenvalue weighted by atomic mass is 16.5. The Balaban J connectivity index is 2.61. The van der Waals surface area contributed by atoms with E-state index >= 15 is 0 Å². The first kappa shape index (κ1) is 24.5. The van der Waals surface area contributed by atoms with E-state index in [9.17, 15) is 14.7 Å². The lowest BCUT2D eigenvalue weighted by atomic mass is 10.00. The van der Waals surface area contributed by atoms with Gasteiger partial charge in [0, 0.05) is 12.5 Å². The molecular weight excluding hydrogens is 366 g/mol. The van der Waals surface area contributed by atoms with Gasteiger partial charge in [-0.1, -0.05) is 69.4 Å². The van der Waals surface area contributed by atoms with Gasteiger partial charge in [-0.25, -0.2) is 4.79 Å². The lowest BCUT2D eigenvalue weighted by Gasteiger charge is -2.15. The fourth-order valence-electron chi connectivity index (χ4n) is 3.11. The molecular formula is C24H35NO4. The molecule has 0 fully saturated rings. The smallest absolute Gasteiger partial charge is 0.328 e. The second-order valence-electron chi connectivity index (χ2n) is 7.53. The highest BCUT2D eigenvalue weighted by Gasteiger charge is 2.21. The summed E-state index contributed by atoms with van der Waals surface area (Å²) in [5.41, 5.74) is 1.84. The Labute approximate surface area is 174 Å². The molecule has 0 aliphatic rings. The van der Waals surface area contributed by atoms with Crippen molar-refractivity contribution in [2.24, 2.45) is 5.92 Å². The van der Waals surface area contributed by atoms with Gasteiger partial charge >= 0.3 is 5.97 Å². The van der Waals surface area contributed by atoms with Gasteiger partial charge in [-0.2, -0.15) is 0 Å². The summed E-state index contributed by atoms with van der Waals surface area (Å²) in [5, 5.41) is 12.1. The van der Waals surface area contributed by atoms with Crippen molar-refractivity contribution in [1.29, 1.82) is 0 Å². The zero-order valence-corrected chi connectivity index (χ0v) is 18.1. The summed E-state index contributed by atoms with van der Waals surface area (Å²) in [7, 11) is 1.29. The van der Waals surface area contributed by atoms with Crippen LogP contribution in [-0.2, 0) is 20.7 Å². The number of esters is 1. The second kappa shape index (κ2) is 13.6. The van der Waals surface area contributed by atoms with Crippen LogP contribution in [0, 0.1) is 5.92 Å². The number of unbranched alkanes of at least 4 members (excludes halogenated alkanes) is 3. The Bertz CT molecular complexity index is 691. The van der Waals surface area contributed by atoms with Crippen molar-refractivity contribution < 1.29 is 19.4 Å². The van der Waals surface area contributed by atoms with E-state index in [-0.39, 0.29) is 18.1 Å². The molecule has 1 amide bonds. The van der Waals surface area contributed by atoms with Crippen LogP contribution in [0.15, 0.2) is 48.1 Å². The molecule has 5 nitrogen and oxygen atoms in total. The number of ether oxygens (including phenoxy) is 1. The summed E-state index contributed by atoms with van der Waals surface area (Å²) < 4.78 is 4.80. The molecule has 1 aromatic carbocycles. The number of amides is 1. The quantitative estimate of drug-likeness (QED) is 0.230. The molecule has 2 atom stereocenters. The number of carbonyl (C=O) groups is 2. The molecule has 0 aliphatic carbocycles. The molecule has 160 valence electrons. The van der Waals surface area contributed by atoms with Gasteiger partial charge in [-0.05, 0) is 37.0 Å². The monoisotopic (exact) mass is 401 g/mol. The Kier molecular flexibility index (Phi) is 11.5. The molecule has 1 aromatic rings. The number of methoxy groups -OCH3 is 1. The number of hydrogen-bond donors (Lipinski definition) is 2. The van der Waals surface area contributed by atoms with Crippen molar-refractivity contribution >= 4 is 11.9 Å². The molecule has 0 radical (unpaired) electrons. The largest absolute Gasteiger partial charge is 0.508 e. The lowest BCUT2D eigenvalue weighted by Crippen LogP contribution is -2.42. The number of rotatable bonds is 12. The third-order valence-corrected chi connectivity index (χ3v) is 4.74. The van der Waals surface area contributed by atoms with Gasteiger partial charge in [-0.15, -0.1) is 0 Å². The van der Waals surface area contributed by atoms with Crippen LogP contribution in [0.1, 0.15) is 58.4 Å². The molecule has 29 heavy (non-hydrogen) atoms. The highest BCUT2D eigenvalue weighted by molar-refractivity contribution is 5.91. The number of allylic oxidation sites excluding steroid dienone is 3. The number of nitrogens with one attached hydrogen (secondary N) is 1. The summed E-state index contributed by atoms with van der Waals surface area (Å²) in [4.78, 5) is 24.3. The first-order valence-corrected chi connectivity index (χ1v) is 10.4. The van der Waals surface area contributed by atoms with Gasteiger partial charge in [0.1, 0.15) is 11.8 Å². The predicted octanol–water partition coefficient (Wildman–Crippen LogP) is 4.70. The van der Waals surface area contributed by atoms with E-state index in [0.717, 1.165) is 17.6 Å². The molecule has 0 bridgehead atoms. The Morgan fingerprint density at radius 3 is 2.45 bits per heavy atom. The van der Waals surface area contributed by atoms with Gasteiger partial charge in [-0.3, -0.25) is 4.79 Å². The van der Waals surface area contributed by atoms with Crippen LogP contribution in [0.25, 0.3) is 0 Å². The standard InChI is InChI=1S/C24H35NO4/c1-5-6-7-8-9-18(2)16-19(3)10-15-23(27)25-22(24(28)29-4)17-20-11-13-21(26)14-12-20/h10-16,18,22,26H,5-9,17H2,1-4H3,(H,25,27)/b15-10+,19-16+/t18-,22-/m1/s1. The maximum Gasteiger partial charge on any atom is 0.328 e. The van der Waals surface area contributed by atoms with Crippen LogP contribution in [0.4, 0.5) is 0 Å². The van der Waals surface area contributed by atoms with Crippen molar-refractivity contribution in [2.45, 2.75) is 65.3 Å². The number of carbonyl (C=O) groups excluding carboxylic acids is 2. The van der Waals surface area contributed by atoms with E-state index in [4.69, 9.17) is 4.74 Å². The van der Waals surface area contributed by atoms with Gasteiger partial charge in [0.25, 0.3) is 0 Å². The third-order valence-electron chi connectivity index (χ3n) is 4.74. The molecule has 5 heteroatoms. The SMILES string of the molecule is CCCCCC[C@@H](C)/C=C(C)/C=C/C(=O)N[C@H](Cc1ccc(O)cc1)C(=O)OC. The Morgan fingerprint density at radius 2 is 1.83 bits per heavy atom. The fraction of sp³-hybridized carbons (Fsp3) is 0.500. The first-order chi connectivity index (χ1) is 13.8. The van der Waals surface area contributed by atoms with Crippen molar-refractivity contribution in [3.63, 3.8) is 0 Å². The average molecular weight is 402 g/mol. The zero-order chi connectivity index (χ0) is 21.6. The second-order valence-corrected chi connectivity index (χ2v) is 7.53. The number of hydrogen-bond acceptors (Lipinski definition) is 4. The van der Waals surface area contributed by atoms with E-state index < -0.39 is 12.0 Å². The summed E-state index contributed by atoms with van der Waals surface area (Å²) >= 11 is 0. The molecule has 0 spiro atoms. The first-order valence-electron chi connectivity index (χ1n) is 10.4. The minimum Gasteiger partial charge on any atom is -0.508 e. The summed E-state index contributed by atoms with van der Waals surface area (Å²) in [5.74, 6) is -0.232. The van der Waals surface area contributed by atoms with Crippen LogP contribution in [0.2, 0.25) is 0 Å².